The highest BCUT2D eigenvalue weighted by atomic mass is 16.6. The van der Waals surface area contributed by atoms with Crippen LogP contribution in [0, 0.1) is 5.92 Å². The van der Waals surface area contributed by atoms with Gasteiger partial charge in [0.05, 0.1) is 7.11 Å². The average molecular weight is 251 g/mol. The van der Waals surface area contributed by atoms with Crippen molar-refractivity contribution in [2.45, 2.75) is 13.3 Å². The number of carbonyl (C=O) groups is 1. The van der Waals surface area contributed by atoms with Crippen molar-refractivity contribution in [2.75, 3.05) is 20.2 Å². The smallest absolute Gasteiger partial charge is 0.415 e. The number of likely N-dealkylation sites (tertiary alicyclic amines) is 1. The highest BCUT2D eigenvalue weighted by molar-refractivity contribution is 5.71. The minimum Gasteiger partial charge on any atom is -0.504 e. The van der Waals surface area contributed by atoms with Gasteiger partial charge in [0.2, 0.25) is 0 Å². The first-order chi connectivity index (χ1) is 8.60. The number of nitrogens with zero attached hydrogens (tertiary/aromatic N) is 1. The van der Waals surface area contributed by atoms with Crippen molar-refractivity contribution in [1.82, 2.24) is 4.90 Å². The lowest BCUT2D eigenvalue weighted by atomic mass is 10.2. The molecular formula is C13H17NO4. The number of phenols is 1. The molecule has 0 saturated carbocycles. The molecule has 2 rings (SSSR count). The van der Waals surface area contributed by atoms with E-state index < -0.39 is 0 Å². The topological polar surface area (TPSA) is 59.0 Å². The fourth-order valence-corrected chi connectivity index (χ4v) is 2.00. The molecule has 1 unspecified atom stereocenters. The van der Waals surface area contributed by atoms with Gasteiger partial charge in [-0.25, -0.2) is 4.79 Å². The maximum absolute atomic E-state index is 11.8. The van der Waals surface area contributed by atoms with Gasteiger partial charge in [0, 0.05) is 19.2 Å². The first-order valence-electron chi connectivity index (χ1n) is 5.94. The van der Waals surface area contributed by atoms with E-state index in [0.717, 1.165) is 19.5 Å². The first-order valence-corrected chi connectivity index (χ1v) is 5.94. The molecule has 5 nitrogen and oxygen atoms in total. The third-order valence-corrected chi connectivity index (χ3v) is 3.04. The maximum Gasteiger partial charge on any atom is 0.415 e. The van der Waals surface area contributed by atoms with E-state index in [1.807, 2.05) is 0 Å². The fourth-order valence-electron chi connectivity index (χ4n) is 2.00. The predicted molar refractivity (Wildman–Crippen MR) is 66.0 cm³/mol. The normalized spacial score (nSPS) is 18.8. The molecule has 0 radical (unpaired) electrons. The number of benzene rings is 1. The van der Waals surface area contributed by atoms with Gasteiger partial charge in [0.25, 0.3) is 0 Å². The zero-order chi connectivity index (χ0) is 13.1. The molecule has 0 spiro atoms. The van der Waals surface area contributed by atoms with Crippen LogP contribution in [0.2, 0.25) is 0 Å². The predicted octanol–water partition coefficient (Wildman–Crippen LogP) is 2.24. The minimum absolute atomic E-state index is 0.0439. The highest BCUT2D eigenvalue weighted by Gasteiger charge is 2.24. The Balaban J connectivity index is 2.01. The average Bonchev–Trinajstić information content (AvgIpc) is 2.76. The third kappa shape index (κ3) is 2.67. The second-order valence-corrected chi connectivity index (χ2v) is 4.54. The Morgan fingerprint density at radius 3 is 2.83 bits per heavy atom. The Hall–Kier alpha value is -1.91. The summed E-state index contributed by atoms with van der Waals surface area (Å²) in [5.41, 5.74) is 0. The van der Waals surface area contributed by atoms with Crippen molar-refractivity contribution < 1.29 is 19.4 Å². The van der Waals surface area contributed by atoms with Crippen molar-refractivity contribution >= 4 is 6.09 Å². The van der Waals surface area contributed by atoms with E-state index in [2.05, 4.69) is 6.92 Å². The van der Waals surface area contributed by atoms with Crippen molar-refractivity contribution in [1.29, 1.82) is 0 Å². The van der Waals surface area contributed by atoms with Gasteiger partial charge >= 0.3 is 6.09 Å². The summed E-state index contributed by atoms with van der Waals surface area (Å²) in [5.74, 6) is 1.14. The van der Waals surface area contributed by atoms with E-state index in [0.29, 0.717) is 17.4 Å². The second-order valence-electron chi connectivity index (χ2n) is 4.54. The van der Waals surface area contributed by atoms with Crippen LogP contribution in [0.25, 0.3) is 0 Å². The monoisotopic (exact) mass is 251 g/mol. The summed E-state index contributed by atoms with van der Waals surface area (Å²) in [6.07, 6.45) is 0.632. The minimum atomic E-state index is -0.371. The fraction of sp³-hybridized carbons (Fsp3) is 0.462. The SMILES string of the molecule is COc1ccc(OC(=O)N2CCC(C)C2)cc1O. The molecule has 5 heteroatoms. The van der Waals surface area contributed by atoms with Crippen LogP contribution < -0.4 is 9.47 Å². The molecule has 0 bridgehead atoms. The lowest BCUT2D eigenvalue weighted by Crippen LogP contribution is -2.31. The number of ether oxygens (including phenoxy) is 2. The first kappa shape index (κ1) is 12.5. The number of phenolic OH excluding ortho intramolecular Hbond substituents is 1. The summed E-state index contributed by atoms with van der Waals surface area (Å²) in [7, 11) is 1.46. The number of hydrogen-bond acceptors (Lipinski definition) is 4. The van der Waals surface area contributed by atoms with Crippen LogP contribution in [0.3, 0.4) is 0 Å². The van der Waals surface area contributed by atoms with E-state index in [9.17, 15) is 9.90 Å². The Labute approximate surface area is 106 Å². The van der Waals surface area contributed by atoms with Gasteiger partial charge in [-0.15, -0.1) is 0 Å². The standard InChI is InChI=1S/C13H17NO4/c1-9-5-6-14(8-9)13(16)18-10-3-4-12(17-2)11(15)7-10/h3-4,7,9,15H,5-6,8H2,1-2H3. The molecule has 1 fully saturated rings. The van der Waals surface area contributed by atoms with Crippen LogP contribution in [0.1, 0.15) is 13.3 Å². The van der Waals surface area contributed by atoms with Crippen LogP contribution in [0.4, 0.5) is 4.79 Å². The van der Waals surface area contributed by atoms with Crippen LogP contribution in [0.5, 0.6) is 17.2 Å². The lowest BCUT2D eigenvalue weighted by molar-refractivity contribution is 0.161. The molecule has 1 N–H and O–H groups in total. The van der Waals surface area contributed by atoms with E-state index in [4.69, 9.17) is 9.47 Å². The van der Waals surface area contributed by atoms with Crippen LogP contribution in [-0.2, 0) is 0 Å². The van der Waals surface area contributed by atoms with Gasteiger partial charge in [0.15, 0.2) is 11.5 Å². The van der Waals surface area contributed by atoms with E-state index in [1.165, 1.54) is 13.2 Å². The zero-order valence-corrected chi connectivity index (χ0v) is 10.5. The Bertz CT molecular complexity index is 447. The van der Waals surface area contributed by atoms with Gasteiger partial charge in [0.1, 0.15) is 5.75 Å². The molecule has 1 atom stereocenters. The van der Waals surface area contributed by atoms with E-state index in [1.54, 1.807) is 17.0 Å². The van der Waals surface area contributed by atoms with Gasteiger partial charge in [-0.05, 0) is 24.5 Å². The number of rotatable bonds is 2. The maximum atomic E-state index is 11.8. The molecule has 0 aromatic heterocycles. The summed E-state index contributed by atoms with van der Waals surface area (Å²) < 4.78 is 10.1. The van der Waals surface area contributed by atoms with Gasteiger partial charge in [-0.2, -0.15) is 0 Å². The zero-order valence-electron chi connectivity index (χ0n) is 10.5. The van der Waals surface area contributed by atoms with Crippen molar-refractivity contribution in [2.24, 2.45) is 5.92 Å². The van der Waals surface area contributed by atoms with Crippen molar-refractivity contribution in [3.63, 3.8) is 0 Å². The molecule has 1 amide bonds. The molecule has 1 aliphatic heterocycles. The largest absolute Gasteiger partial charge is 0.504 e. The Kier molecular flexibility index (Phi) is 3.60. The molecule has 1 aliphatic rings. The summed E-state index contributed by atoms with van der Waals surface area (Å²) in [6, 6.07) is 4.52. The molecule has 1 saturated heterocycles. The highest BCUT2D eigenvalue weighted by Crippen LogP contribution is 2.30. The van der Waals surface area contributed by atoms with Gasteiger partial charge < -0.3 is 19.5 Å². The molecule has 18 heavy (non-hydrogen) atoms. The van der Waals surface area contributed by atoms with Gasteiger partial charge in [-0.1, -0.05) is 6.92 Å². The third-order valence-electron chi connectivity index (χ3n) is 3.04. The quantitative estimate of drug-likeness (QED) is 0.875. The Morgan fingerprint density at radius 1 is 1.50 bits per heavy atom. The molecular weight excluding hydrogens is 234 g/mol. The van der Waals surface area contributed by atoms with E-state index in [-0.39, 0.29) is 11.8 Å². The Morgan fingerprint density at radius 2 is 2.28 bits per heavy atom. The number of hydrogen-bond donors (Lipinski definition) is 1. The van der Waals surface area contributed by atoms with Crippen molar-refractivity contribution in [3.05, 3.63) is 18.2 Å². The summed E-state index contributed by atoms with van der Waals surface area (Å²) in [4.78, 5) is 13.5. The summed E-state index contributed by atoms with van der Waals surface area (Å²) in [6.45, 7) is 3.55. The lowest BCUT2D eigenvalue weighted by Gasteiger charge is -2.15. The number of carbonyl (C=O) groups excluding carboxylic acids is 1. The molecule has 98 valence electrons. The molecule has 1 heterocycles. The van der Waals surface area contributed by atoms with Crippen LogP contribution in [0.15, 0.2) is 18.2 Å². The van der Waals surface area contributed by atoms with E-state index >= 15 is 0 Å². The molecule has 1 aromatic carbocycles. The van der Waals surface area contributed by atoms with Crippen LogP contribution >= 0.6 is 0 Å². The molecule has 1 aromatic rings. The number of amides is 1. The summed E-state index contributed by atoms with van der Waals surface area (Å²) in [5, 5.41) is 9.58. The van der Waals surface area contributed by atoms with Gasteiger partial charge in [-0.3, -0.25) is 0 Å². The molecule has 0 aliphatic carbocycles. The van der Waals surface area contributed by atoms with Crippen LogP contribution in [-0.4, -0.2) is 36.3 Å². The van der Waals surface area contributed by atoms with Crippen molar-refractivity contribution in [3.8, 4) is 17.2 Å². The number of methoxy groups -OCH3 is 1. The number of aromatic hydroxyl groups is 1. The summed E-state index contributed by atoms with van der Waals surface area (Å²) >= 11 is 0. The second kappa shape index (κ2) is 5.16.